The number of ether oxygens (including phenoxy) is 2. The number of likely N-dealkylation sites (N-methyl/N-ethyl adjacent to an activating group) is 1. The van der Waals surface area contributed by atoms with Gasteiger partial charge >= 0.3 is 0 Å². The van der Waals surface area contributed by atoms with Crippen LogP contribution in [0.2, 0.25) is 0 Å². The first-order valence-electron chi connectivity index (χ1n) is 12.4. The summed E-state index contributed by atoms with van der Waals surface area (Å²) in [7, 11) is 3.11. The summed E-state index contributed by atoms with van der Waals surface area (Å²) < 4.78 is 39.7. The number of aromatic nitrogens is 2. The molecule has 0 spiro atoms. The minimum absolute atomic E-state index is 0.168. The van der Waals surface area contributed by atoms with Gasteiger partial charge in [-0.05, 0) is 50.4 Å². The molecular formula is C26H34F2N4O3. The Hall–Kier alpha value is -2.97. The van der Waals surface area contributed by atoms with Crippen molar-refractivity contribution in [2.45, 2.75) is 39.0 Å². The molecule has 1 saturated heterocycles. The standard InChI is InChI=1S/C26H34F2N4O3/c1-4-34-20-15-29-26(30-16-20)32-8-5-17(6-9-32)21-11-18(21)7-10-35-19-12-23(27)22(24(28)13-19)14-25(33)31(2)3/h12-13,15-18,21H,4-11,14H2,1-3H3. The summed E-state index contributed by atoms with van der Waals surface area (Å²) in [5, 5.41) is 0. The largest absolute Gasteiger partial charge is 0.493 e. The highest BCUT2D eigenvalue weighted by Gasteiger charge is 2.43. The highest BCUT2D eigenvalue weighted by molar-refractivity contribution is 5.78. The van der Waals surface area contributed by atoms with Gasteiger partial charge in [-0.15, -0.1) is 0 Å². The van der Waals surface area contributed by atoms with Crippen molar-refractivity contribution in [1.82, 2.24) is 14.9 Å². The molecule has 2 aliphatic rings. The quantitative estimate of drug-likeness (QED) is 0.502. The Morgan fingerprint density at radius 1 is 1.09 bits per heavy atom. The number of benzene rings is 1. The van der Waals surface area contributed by atoms with E-state index in [-0.39, 0.29) is 23.6 Å². The molecule has 1 saturated carbocycles. The molecule has 2 unspecified atom stereocenters. The summed E-state index contributed by atoms with van der Waals surface area (Å²) in [6.45, 7) is 4.85. The lowest BCUT2D eigenvalue weighted by Crippen LogP contribution is -2.35. The molecule has 0 radical (unpaired) electrons. The van der Waals surface area contributed by atoms with Gasteiger partial charge in [-0.25, -0.2) is 18.7 Å². The third-order valence-corrected chi connectivity index (χ3v) is 7.03. The zero-order valence-corrected chi connectivity index (χ0v) is 20.7. The van der Waals surface area contributed by atoms with Crippen LogP contribution < -0.4 is 14.4 Å². The van der Waals surface area contributed by atoms with Gasteiger partial charge in [-0.2, -0.15) is 0 Å². The van der Waals surface area contributed by atoms with E-state index in [0.717, 1.165) is 38.3 Å². The number of carbonyl (C=O) groups excluding carboxylic acids is 1. The number of nitrogens with zero attached hydrogens (tertiary/aromatic N) is 4. The summed E-state index contributed by atoms with van der Waals surface area (Å²) in [5.41, 5.74) is -0.222. The fourth-order valence-corrected chi connectivity index (χ4v) is 4.89. The maximum atomic E-state index is 14.3. The van der Waals surface area contributed by atoms with E-state index in [9.17, 15) is 13.6 Å². The van der Waals surface area contributed by atoms with Gasteiger partial charge in [-0.3, -0.25) is 4.79 Å². The maximum absolute atomic E-state index is 14.3. The number of anilines is 1. The second-order valence-corrected chi connectivity index (χ2v) is 9.60. The molecule has 1 aliphatic carbocycles. The van der Waals surface area contributed by atoms with Gasteiger partial charge in [0.15, 0.2) is 5.75 Å². The van der Waals surface area contributed by atoms with Crippen molar-refractivity contribution in [1.29, 1.82) is 0 Å². The summed E-state index contributed by atoms with van der Waals surface area (Å²) in [5.74, 6) is 1.73. The molecule has 2 heterocycles. The molecule has 4 rings (SSSR count). The minimum atomic E-state index is -0.747. The molecule has 190 valence electrons. The third-order valence-electron chi connectivity index (χ3n) is 7.03. The van der Waals surface area contributed by atoms with Gasteiger partial charge in [0.2, 0.25) is 11.9 Å². The van der Waals surface area contributed by atoms with Crippen LogP contribution in [0.4, 0.5) is 14.7 Å². The van der Waals surface area contributed by atoms with Gasteiger partial charge < -0.3 is 19.3 Å². The average molecular weight is 489 g/mol. The van der Waals surface area contributed by atoms with Crippen molar-refractivity contribution < 1.29 is 23.0 Å². The summed E-state index contributed by atoms with van der Waals surface area (Å²) in [6.07, 6.45) is 7.42. The van der Waals surface area contributed by atoms with Crippen molar-refractivity contribution in [3.8, 4) is 11.5 Å². The van der Waals surface area contributed by atoms with Crippen LogP contribution >= 0.6 is 0 Å². The van der Waals surface area contributed by atoms with E-state index in [1.54, 1.807) is 26.5 Å². The first-order chi connectivity index (χ1) is 16.9. The second kappa shape index (κ2) is 11.2. The lowest BCUT2D eigenvalue weighted by molar-refractivity contribution is -0.128. The minimum Gasteiger partial charge on any atom is -0.493 e. The van der Waals surface area contributed by atoms with Gasteiger partial charge in [0.1, 0.15) is 17.4 Å². The molecule has 9 heteroatoms. The highest BCUT2D eigenvalue weighted by atomic mass is 19.1. The molecule has 7 nitrogen and oxygen atoms in total. The normalized spacial score (nSPS) is 20.0. The van der Waals surface area contributed by atoms with E-state index < -0.39 is 11.6 Å². The Morgan fingerprint density at radius 3 is 2.34 bits per heavy atom. The van der Waals surface area contributed by atoms with Crippen molar-refractivity contribution in [2.75, 3.05) is 45.3 Å². The van der Waals surface area contributed by atoms with Crippen LogP contribution in [0.3, 0.4) is 0 Å². The van der Waals surface area contributed by atoms with Crippen molar-refractivity contribution in [2.24, 2.45) is 17.8 Å². The Labute approximate surface area is 205 Å². The molecule has 2 fully saturated rings. The molecule has 1 amide bonds. The fourth-order valence-electron chi connectivity index (χ4n) is 4.89. The molecule has 2 aromatic rings. The first-order valence-corrected chi connectivity index (χ1v) is 12.4. The molecule has 1 aromatic heterocycles. The molecule has 1 aromatic carbocycles. The zero-order valence-electron chi connectivity index (χ0n) is 20.7. The average Bonchev–Trinajstić information content (AvgIpc) is 3.61. The predicted molar refractivity (Wildman–Crippen MR) is 129 cm³/mol. The van der Waals surface area contributed by atoms with E-state index in [2.05, 4.69) is 14.9 Å². The van der Waals surface area contributed by atoms with E-state index >= 15 is 0 Å². The van der Waals surface area contributed by atoms with Crippen molar-refractivity contribution in [3.63, 3.8) is 0 Å². The smallest absolute Gasteiger partial charge is 0.226 e. The van der Waals surface area contributed by atoms with Crippen LogP contribution in [0.25, 0.3) is 0 Å². The summed E-state index contributed by atoms with van der Waals surface area (Å²) >= 11 is 0. The van der Waals surface area contributed by atoms with Crippen LogP contribution in [0.5, 0.6) is 11.5 Å². The Kier molecular flexibility index (Phi) is 8.03. The monoisotopic (exact) mass is 488 g/mol. The maximum Gasteiger partial charge on any atom is 0.226 e. The van der Waals surface area contributed by atoms with Gasteiger partial charge in [0.25, 0.3) is 0 Å². The van der Waals surface area contributed by atoms with E-state index in [1.807, 2.05) is 6.92 Å². The predicted octanol–water partition coefficient (Wildman–Crippen LogP) is 4.11. The number of hydrogen-bond donors (Lipinski definition) is 0. The number of hydrogen-bond acceptors (Lipinski definition) is 6. The second-order valence-electron chi connectivity index (χ2n) is 9.60. The number of piperidine rings is 1. The van der Waals surface area contributed by atoms with E-state index in [1.165, 1.54) is 23.5 Å². The van der Waals surface area contributed by atoms with Crippen LogP contribution in [-0.4, -0.2) is 61.2 Å². The zero-order chi connectivity index (χ0) is 24.9. The van der Waals surface area contributed by atoms with Crippen LogP contribution in [0.1, 0.15) is 38.2 Å². The van der Waals surface area contributed by atoms with Gasteiger partial charge in [0.05, 0.1) is 32.0 Å². The third kappa shape index (κ3) is 6.38. The summed E-state index contributed by atoms with van der Waals surface area (Å²) in [6, 6.07) is 2.34. The number of halogens is 2. The SMILES string of the molecule is CCOc1cnc(N2CCC(C3CC3CCOc3cc(F)c(CC(=O)N(C)C)c(F)c3)CC2)nc1. The Balaban J connectivity index is 1.19. The molecule has 0 N–H and O–H groups in total. The van der Waals surface area contributed by atoms with Crippen LogP contribution in [0, 0.1) is 29.4 Å². The van der Waals surface area contributed by atoms with E-state index in [4.69, 9.17) is 9.47 Å². The molecule has 0 bridgehead atoms. The van der Waals surface area contributed by atoms with Gasteiger partial charge in [-0.1, -0.05) is 0 Å². The van der Waals surface area contributed by atoms with Crippen LogP contribution in [-0.2, 0) is 11.2 Å². The molecule has 35 heavy (non-hydrogen) atoms. The Bertz CT molecular complexity index is 987. The summed E-state index contributed by atoms with van der Waals surface area (Å²) in [4.78, 5) is 24.2. The number of amides is 1. The fraction of sp³-hybridized carbons (Fsp3) is 0.577. The molecule has 1 aliphatic heterocycles. The Morgan fingerprint density at radius 2 is 1.74 bits per heavy atom. The van der Waals surface area contributed by atoms with Crippen molar-refractivity contribution in [3.05, 3.63) is 41.7 Å². The van der Waals surface area contributed by atoms with E-state index in [0.29, 0.717) is 36.7 Å². The number of rotatable bonds is 10. The van der Waals surface area contributed by atoms with Crippen molar-refractivity contribution >= 4 is 11.9 Å². The molecular weight excluding hydrogens is 454 g/mol. The lowest BCUT2D eigenvalue weighted by atomic mass is 9.90. The lowest BCUT2D eigenvalue weighted by Gasteiger charge is -2.32. The van der Waals surface area contributed by atoms with Crippen LogP contribution in [0.15, 0.2) is 24.5 Å². The topological polar surface area (TPSA) is 67.8 Å². The van der Waals surface area contributed by atoms with Gasteiger partial charge in [0, 0.05) is 44.9 Å². The highest BCUT2D eigenvalue weighted by Crippen LogP contribution is 2.49. The first kappa shape index (κ1) is 25.1. The molecule has 2 atom stereocenters. The number of carbonyl (C=O) groups is 1.